The molecule has 0 saturated carbocycles. The zero-order valence-electron chi connectivity index (χ0n) is 40.5. The Labute approximate surface area is 413 Å². The van der Waals surface area contributed by atoms with E-state index in [1.54, 1.807) is 56.2 Å². The first kappa shape index (κ1) is 46.9. The van der Waals surface area contributed by atoms with Crippen LogP contribution in [0.4, 0.5) is 25.8 Å². The molecule has 372 valence electrons. The van der Waals surface area contributed by atoms with Crippen LogP contribution in [0.3, 0.4) is 0 Å². The van der Waals surface area contributed by atoms with Crippen LogP contribution in [0, 0.1) is 12.8 Å². The highest BCUT2D eigenvalue weighted by molar-refractivity contribution is 6.23. The van der Waals surface area contributed by atoms with E-state index >= 15 is 8.78 Å². The van der Waals surface area contributed by atoms with Gasteiger partial charge >= 0.3 is 0 Å². The number of nitrogens with zero attached hydrogens (tertiary/aromatic N) is 8. The van der Waals surface area contributed by atoms with Crippen molar-refractivity contribution < 1.29 is 37.5 Å². The van der Waals surface area contributed by atoms with Crippen molar-refractivity contribution in [3.05, 3.63) is 111 Å². The van der Waals surface area contributed by atoms with Crippen molar-refractivity contribution in [3.8, 4) is 16.9 Å². The summed E-state index contributed by atoms with van der Waals surface area (Å²) in [5, 5.41) is 3.74. The van der Waals surface area contributed by atoms with Crippen LogP contribution in [0.2, 0.25) is 0 Å². The number of halogens is 2. The summed E-state index contributed by atoms with van der Waals surface area (Å²) in [5.41, 5.74) is 6.49. The molecule has 5 aliphatic heterocycles. The van der Waals surface area contributed by atoms with Crippen molar-refractivity contribution in [1.29, 1.82) is 0 Å². The highest BCUT2D eigenvalue weighted by atomic mass is 19.3. The molecule has 11 rings (SSSR count). The van der Waals surface area contributed by atoms with E-state index in [1.807, 2.05) is 52.1 Å². The van der Waals surface area contributed by atoms with E-state index in [2.05, 4.69) is 25.0 Å². The molecule has 5 aliphatic rings. The van der Waals surface area contributed by atoms with Crippen molar-refractivity contribution >= 4 is 68.4 Å². The monoisotopic (exact) mass is 979 g/mol. The van der Waals surface area contributed by atoms with Gasteiger partial charge in [0.25, 0.3) is 23.8 Å². The molecule has 0 spiro atoms. The van der Waals surface area contributed by atoms with Crippen molar-refractivity contribution in [2.45, 2.75) is 64.5 Å². The number of aromatic nitrogens is 3. The van der Waals surface area contributed by atoms with Gasteiger partial charge in [-0.1, -0.05) is 0 Å². The van der Waals surface area contributed by atoms with Gasteiger partial charge in [0.05, 0.1) is 35.0 Å². The Morgan fingerprint density at radius 3 is 2.33 bits per heavy atom. The lowest BCUT2D eigenvalue weighted by Crippen LogP contribution is -2.54. The molecule has 5 amide bonds. The number of pyridine rings is 2. The number of amides is 5. The fraction of sp³-hybridized carbons (Fsp3) is 0.389. The molecule has 8 heterocycles. The molecule has 18 heteroatoms. The fourth-order valence-electron chi connectivity index (χ4n) is 11.6. The van der Waals surface area contributed by atoms with E-state index in [0.29, 0.717) is 71.0 Å². The number of aryl methyl sites for hydroxylation is 3. The van der Waals surface area contributed by atoms with Crippen LogP contribution < -0.4 is 25.4 Å². The van der Waals surface area contributed by atoms with Gasteiger partial charge in [-0.25, -0.2) is 8.78 Å². The molecule has 0 aliphatic carbocycles. The number of nitrogens with one attached hydrogen (secondary N) is 1. The summed E-state index contributed by atoms with van der Waals surface area (Å²) >= 11 is 0. The number of benzene rings is 3. The van der Waals surface area contributed by atoms with Crippen LogP contribution in [0.25, 0.3) is 32.9 Å². The number of fused-ring (bicyclic) bond motifs is 4. The minimum atomic E-state index is -2.80. The summed E-state index contributed by atoms with van der Waals surface area (Å²) in [6, 6.07) is 15.1. The third-order valence-electron chi connectivity index (χ3n) is 15.5. The van der Waals surface area contributed by atoms with Crippen LogP contribution in [0.5, 0.6) is 5.75 Å². The topological polar surface area (TPSA) is 163 Å². The van der Waals surface area contributed by atoms with Gasteiger partial charge in [0.15, 0.2) is 0 Å². The number of rotatable bonds is 10. The van der Waals surface area contributed by atoms with E-state index in [-0.39, 0.29) is 47.5 Å². The average Bonchev–Trinajstić information content (AvgIpc) is 3.87. The maximum atomic E-state index is 15.4. The number of carbonyl (C=O) groups excluding carboxylic acids is 5. The first-order valence-electron chi connectivity index (χ1n) is 24.7. The van der Waals surface area contributed by atoms with E-state index in [1.165, 1.54) is 0 Å². The van der Waals surface area contributed by atoms with Crippen LogP contribution >= 0.6 is 0 Å². The number of piperazine rings is 1. The predicted molar refractivity (Wildman–Crippen MR) is 267 cm³/mol. The molecule has 1 N–H and O–H groups in total. The summed E-state index contributed by atoms with van der Waals surface area (Å²) in [4.78, 5) is 91.8. The predicted octanol–water partition coefficient (Wildman–Crippen LogP) is 6.36. The fourth-order valence-corrected chi connectivity index (χ4v) is 11.6. The second-order valence-electron chi connectivity index (χ2n) is 19.7. The number of hydrogen-bond acceptors (Lipinski definition) is 11. The Hall–Kier alpha value is -7.47. The van der Waals surface area contributed by atoms with Crippen molar-refractivity contribution in [3.63, 3.8) is 0 Å². The van der Waals surface area contributed by atoms with Crippen LogP contribution in [-0.2, 0) is 34.4 Å². The number of piperidine rings is 2. The molecule has 6 aromatic rings. The summed E-state index contributed by atoms with van der Waals surface area (Å²) in [7, 11) is 3.29. The number of imide groups is 2. The Morgan fingerprint density at radius 2 is 1.58 bits per heavy atom. The van der Waals surface area contributed by atoms with Gasteiger partial charge in [-0.15, -0.1) is 0 Å². The van der Waals surface area contributed by atoms with Gasteiger partial charge in [0.2, 0.25) is 17.7 Å². The lowest BCUT2D eigenvalue weighted by Gasteiger charge is -2.39. The van der Waals surface area contributed by atoms with Gasteiger partial charge in [-0.05, 0) is 98.5 Å². The van der Waals surface area contributed by atoms with Crippen molar-refractivity contribution in [2.75, 3.05) is 69.3 Å². The number of anilines is 3. The normalized spacial score (nSPS) is 18.9. The summed E-state index contributed by atoms with van der Waals surface area (Å²) in [6.07, 6.45) is 5.69. The molecule has 0 bridgehead atoms. The largest absolute Gasteiger partial charge is 0.497 e. The van der Waals surface area contributed by atoms with Gasteiger partial charge < -0.3 is 28.6 Å². The molecule has 1 unspecified atom stereocenters. The Balaban J connectivity index is 0.747. The molecular formula is C54H55F2N9O7. The smallest absolute Gasteiger partial charge is 0.264 e. The standard InChI is InChI=1S/C54H55F2N9O7/c1-31-21-40-46(59(2)52(31)69)24-35(72-3)25-47(40)64-14-4-5-33-22-37(38(50(55)56)26-45(33)64)42-29-63(43-10-13-57-27-41(42)43)30-49(67)62-15-11-32(12-16-62)28-60-17-19-61(20-18-60)34-6-7-36-39(23-34)54(71)65(53(36)70)44-8-9-48(66)58-51(44)68/h6-7,10,13,21-27,29,32,44,50H,4-5,8-9,11-12,14-20,28,30H2,1-3H3,(H,58,66,68). The molecule has 1 atom stereocenters. The maximum absolute atomic E-state index is 15.4. The summed E-state index contributed by atoms with van der Waals surface area (Å²) < 4.78 is 39.9. The zero-order chi connectivity index (χ0) is 50.1. The van der Waals surface area contributed by atoms with Crippen LogP contribution in [0.1, 0.15) is 75.9 Å². The van der Waals surface area contributed by atoms with Gasteiger partial charge in [-0.3, -0.25) is 48.9 Å². The van der Waals surface area contributed by atoms with Crippen molar-refractivity contribution in [1.82, 2.24) is 34.1 Å². The van der Waals surface area contributed by atoms with Crippen molar-refractivity contribution in [2.24, 2.45) is 13.0 Å². The first-order chi connectivity index (χ1) is 34.8. The highest BCUT2D eigenvalue weighted by Gasteiger charge is 2.45. The average molecular weight is 980 g/mol. The number of hydrogen-bond donors (Lipinski definition) is 1. The number of methoxy groups -OCH3 is 1. The third kappa shape index (κ3) is 8.24. The van der Waals surface area contributed by atoms with Gasteiger partial charge in [0, 0.05) is 135 Å². The molecular weight excluding hydrogens is 925 g/mol. The van der Waals surface area contributed by atoms with E-state index in [4.69, 9.17) is 4.74 Å². The molecule has 0 radical (unpaired) electrons. The van der Waals surface area contributed by atoms with Gasteiger partial charge in [0.1, 0.15) is 18.3 Å². The van der Waals surface area contributed by atoms with Crippen LogP contribution in [-0.4, -0.2) is 124 Å². The number of alkyl halides is 2. The molecule has 3 saturated heterocycles. The first-order valence-corrected chi connectivity index (χ1v) is 24.7. The van der Waals surface area contributed by atoms with E-state index in [0.717, 1.165) is 84.7 Å². The van der Waals surface area contributed by atoms with Crippen LogP contribution in [0.15, 0.2) is 78.0 Å². The molecule has 3 fully saturated rings. The SMILES string of the molecule is COc1cc(N2CCCc3cc(-c4cn(CC(=O)N5CCC(CN6CCN(c7ccc8c(c7)C(=O)N(C7CCC(=O)NC7=O)C8=O)CC6)CC5)c5ccncc45)c(C(F)F)cc32)c2cc(C)c(=O)n(C)c2c1. The highest BCUT2D eigenvalue weighted by Crippen LogP contribution is 2.45. The molecule has 72 heavy (non-hydrogen) atoms. The minimum Gasteiger partial charge on any atom is -0.497 e. The minimum absolute atomic E-state index is 0.0366. The zero-order valence-corrected chi connectivity index (χ0v) is 40.5. The maximum Gasteiger partial charge on any atom is 0.264 e. The Morgan fingerprint density at radius 1 is 0.806 bits per heavy atom. The second kappa shape index (κ2) is 18.6. The quantitative estimate of drug-likeness (QED) is 0.152. The molecule has 16 nitrogen and oxygen atoms in total. The lowest BCUT2D eigenvalue weighted by atomic mass is 9.91. The lowest BCUT2D eigenvalue weighted by molar-refractivity contribution is -0.136. The second-order valence-corrected chi connectivity index (χ2v) is 19.7. The summed E-state index contributed by atoms with van der Waals surface area (Å²) in [6.45, 7) is 7.61. The van der Waals surface area contributed by atoms with E-state index < -0.39 is 36.1 Å². The Kier molecular flexibility index (Phi) is 12.1. The molecule has 3 aromatic heterocycles. The molecule has 3 aromatic carbocycles. The van der Waals surface area contributed by atoms with E-state index in [9.17, 15) is 28.8 Å². The van der Waals surface area contributed by atoms with Gasteiger partial charge in [-0.2, -0.15) is 0 Å². The number of likely N-dealkylation sites (tertiary alicyclic amines) is 1. The Bertz CT molecular complexity index is 3300. The number of ether oxygens (including phenoxy) is 1. The summed E-state index contributed by atoms with van der Waals surface area (Å²) in [5.74, 6) is -1.17. The third-order valence-corrected chi connectivity index (χ3v) is 15.5. The number of carbonyl (C=O) groups is 5.